The highest BCUT2D eigenvalue weighted by molar-refractivity contribution is 6.34. The average molecular weight is 369 g/mol. The van der Waals surface area contributed by atoms with Gasteiger partial charge in [0.2, 0.25) is 11.8 Å². The molecule has 0 aromatic heterocycles. The van der Waals surface area contributed by atoms with Crippen molar-refractivity contribution in [2.45, 2.75) is 40.0 Å². The van der Waals surface area contributed by atoms with Crippen LogP contribution < -0.4 is 20.1 Å². The largest absolute Gasteiger partial charge is 0.490 e. The fourth-order valence-corrected chi connectivity index (χ4v) is 2.41. The van der Waals surface area contributed by atoms with Gasteiger partial charge in [0.25, 0.3) is 0 Å². The van der Waals surface area contributed by atoms with E-state index in [1.165, 1.54) is 0 Å². The first kappa shape index (κ1) is 19.4. The Hall–Kier alpha value is -1.95. The van der Waals surface area contributed by atoms with Gasteiger partial charge >= 0.3 is 0 Å². The molecule has 6 nitrogen and oxygen atoms in total. The van der Waals surface area contributed by atoms with Gasteiger partial charge in [-0.3, -0.25) is 9.59 Å². The van der Waals surface area contributed by atoms with E-state index in [9.17, 15) is 9.59 Å². The normalized spacial score (nSPS) is 13.8. The van der Waals surface area contributed by atoms with Crippen LogP contribution in [0, 0.1) is 5.41 Å². The molecule has 1 aromatic rings. The van der Waals surface area contributed by atoms with E-state index in [1.54, 1.807) is 12.1 Å². The number of nitrogens with one attached hydrogen (secondary N) is 2. The number of hydrogen-bond donors (Lipinski definition) is 2. The number of ether oxygens (including phenoxy) is 2. The molecule has 1 aromatic carbocycles. The maximum atomic E-state index is 12.1. The molecular formula is C18H25ClN2O4. The van der Waals surface area contributed by atoms with Gasteiger partial charge in [-0.25, -0.2) is 0 Å². The number of rotatable bonds is 5. The van der Waals surface area contributed by atoms with Crippen LogP contribution in [0.5, 0.6) is 11.5 Å². The van der Waals surface area contributed by atoms with Crippen molar-refractivity contribution in [2.75, 3.05) is 25.1 Å². The Morgan fingerprint density at radius 2 is 1.80 bits per heavy atom. The van der Waals surface area contributed by atoms with Gasteiger partial charge in [-0.1, -0.05) is 32.4 Å². The predicted octanol–water partition coefficient (Wildman–Crippen LogP) is 3.38. The molecule has 0 atom stereocenters. The topological polar surface area (TPSA) is 76.7 Å². The molecule has 1 aliphatic rings. The summed E-state index contributed by atoms with van der Waals surface area (Å²) in [6, 6.07) is 3.34. The van der Waals surface area contributed by atoms with E-state index in [1.807, 2.05) is 20.8 Å². The second-order valence-corrected chi connectivity index (χ2v) is 7.39. The number of halogens is 1. The summed E-state index contributed by atoms with van der Waals surface area (Å²) in [4.78, 5) is 23.8. The molecule has 0 aliphatic carbocycles. The first-order valence-electron chi connectivity index (χ1n) is 8.44. The molecule has 1 heterocycles. The van der Waals surface area contributed by atoms with Gasteiger partial charge in [-0.05, 0) is 6.42 Å². The summed E-state index contributed by atoms with van der Waals surface area (Å²) in [6.45, 7) is 7.15. The van der Waals surface area contributed by atoms with Crippen molar-refractivity contribution in [3.8, 4) is 11.5 Å². The molecule has 7 heteroatoms. The second-order valence-electron chi connectivity index (χ2n) is 6.99. The van der Waals surface area contributed by atoms with Crippen molar-refractivity contribution >= 4 is 29.1 Å². The van der Waals surface area contributed by atoms with Crippen LogP contribution in [0.15, 0.2) is 12.1 Å². The third kappa shape index (κ3) is 5.81. The lowest BCUT2D eigenvalue weighted by Gasteiger charge is -2.17. The van der Waals surface area contributed by atoms with Gasteiger partial charge in [-0.15, -0.1) is 0 Å². The van der Waals surface area contributed by atoms with Gasteiger partial charge < -0.3 is 20.1 Å². The summed E-state index contributed by atoms with van der Waals surface area (Å²) < 4.78 is 11.2. The van der Waals surface area contributed by atoms with Crippen molar-refractivity contribution in [3.05, 3.63) is 17.2 Å². The van der Waals surface area contributed by atoms with E-state index in [-0.39, 0.29) is 18.2 Å². The SMILES string of the molecule is CC(C)(C)C(=O)NCCCC(=O)Nc1cc2c(cc1Cl)OCCCO2. The predicted molar refractivity (Wildman–Crippen MR) is 97.4 cm³/mol. The smallest absolute Gasteiger partial charge is 0.225 e. The van der Waals surface area contributed by atoms with E-state index >= 15 is 0 Å². The Morgan fingerprint density at radius 1 is 1.16 bits per heavy atom. The van der Waals surface area contributed by atoms with Crippen LogP contribution in [0.2, 0.25) is 5.02 Å². The van der Waals surface area contributed by atoms with Crippen LogP contribution in [0.3, 0.4) is 0 Å². The quantitative estimate of drug-likeness (QED) is 0.781. The maximum Gasteiger partial charge on any atom is 0.225 e. The lowest BCUT2D eigenvalue weighted by molar-refractivity contribution is -0.128. The number of hydrogen-bond acceptors (Lipinski definition) is 4. The zero-order valence-corrected chi connectivity index (χ0v) is 15.7. The average Bonchev–Trinajstić information content (AvgIpc) is 2.75. The van der Waals surface area contributed by atoms with E-state index in [0.29, 0.717) is 48.4 Å². The van der Waals surface area contributed by atoms with Gasteiger partial charge in [-0.2, -0.15) is 0 Å². The number of carbonyl (C=O) groups is 2. The summed E-state index contributed by atoms with van der Waals surface area (Å²) in [6.07, 6.45) is 1.64. The fourth-order valence-electron chi connectivity index (χ4n) is 2.21. The minimum absolute atomic E-state index is 0.0288. The number of fused-ring (bicyclic) bond motifs is 1. The van der Waals surface area contributed by atoms with E-state index in [4.69, 9.17) is 21.1 Å². The summed E-state index contributed by atoms with van der Waals surface area (Å²) in [5, 5.41) is 6.00. The number of carbonyl (C=O) groups excluding carboxylic acids is 2. The molecular weight excluding hydrogens is 344 g/mol. The molecule has 138 valence electrons. The van der Waals surface area contributed by atoms with Crippen LogP contribution in [0.25, 0.3) is 0 Å². The Bertz CT molecular complexity index is 641. The minimum atomic E-state index is -0.431. The third-order valence-electron chi connectivity index (χ3n) is 3.66. The molecule has 0 saturated carbocycles. The first-order valence-corrected chi connectivity index (χ1v) is 8.82. The Kier molecular flexibility index (Phi) is 6.53. The van der Waals surface area contributed by atoms with Crippen molar-refractivity contribution in [3.63, 3.8) is 0 Å². The van der Waals surface area contributed by atoms with Crippen LogP contribution in [-0.2, 0) is 9.59 Å². The third-order valence-corrected chi connectivity index (χ3v) is 3.97. The van der Waals surface area contributed by atoms with Crippen LogP contribution >= 0.6 is 11.6 Å². The standard InChI is InChI=1S/C18H25ClN2O4/c1-18(2,3)17(23)20-7-4-6-16(22)21-13-11-15-14(10-12(13)19)24-8-5-9-25-15/h10-11H,4-9H2,1-3H3,(H,20,23)(H,21,22). The van der Waals surface area contributed by atoms with E-state index in [2.05, 4.69) is 10.6 Å². The molecule has 2 rings (SSSR count). The molecule has 2 N–H and O–H groups in total. The number of amides is 2. The lowest BCUT2D eigenvalue weighted by Crippen LogP contribution is -2.35. The second kappa shape index (κ2) is 8.43. The van der Waals surface area contributed by atoms with Gasteiger partial charge in [0.15, 0.2) is 11.5 Å². The summed E-state index contributed by atoms with van der Waals surface area (Å²) in [7, 11) is 0. The highest BCUT2D eigenvalue weighted by Gasteiger charge is 2.20. The van der Waals surface area contributed by atoms with Gasteiger partial charge in [0.05, 0.1) is 23.9 Å². The molecule has 0 unspecified atom stereocenters. The molecule has 1 aliphatic heterocycles. The maximum absolute atomic E-state index is 12.1. The zero-order chi connectivity index (χ0) is 18.4. The number of benzene rings is 1. The fraction of sp³-hybridized carbons (Fsp3) is 0.556. The first-order chi connectivity index (χ1) is 11.8. The molecule has 0 saturated heterocycles. The Balaban J connectivity index is 1.84. The Morgan fingerprint density at radius 3 is 2.44 bits per heavy atom. The Labute approximate surface area is 153 Å². The molecule has 0 bridgehead atoms. The highest BCUT2D eigenvalue weighted by Crippen LogP contribution is 2.37. The molecule has 0 spiro atoms. The van der Waals surface area contributed by atoms with Crippen molar-refractivity contribution in [1.82, 2.24) is 5.32 Å². The van der Waals surface area contributed by atoms with Gasteiger partial charge in [0, 0.05) is 36.9 Å². The summed E-state index contributed by atoms with van der Waals surface area (Å²) >= 11 is 6.20. The zero-order valence-electron chi connectivity index (χ0n) is 14.9. The van der Waals surface area contributed by atoms with Crippen molar-refractivity contribution in [1.29, 1.82) is 0 Å². The lowest BCUT2D eigenvalue weighted by atomic mass is 9.96. The monoisotopic (exact) mass is 368 g/mol. The van der Waals surface area contributed by atoms with E-state index < -0.39 is 5.41 Å². The van der Waals surface area contributed by atoms with Crippen molar-refractivity contribution in [2.24, 2.45) is 5.41 Å². The van der Waals surface area contributed by atoms with Crippen LogP contribution in [-0.4, -0.2) is 31.6 Å². The van der Waals surface area contributed by atoms with Crippen LogP contribution in [0.1, 0.15) is 40.0 Å². The minimum Gasteiger partial charge on any atom is -0.490 e. The van der Waals surface area contributed by atoms with Crippen LogP contribution in [0.4, 0.5) is 5.69 Å². The van der Waals surface area contributed by atoms with E-state index in [0.717, 1.165) is 6.42 Å². The van der Waals surface area contributed by atoms with Gasteiger partial charge in [0.1, 0.15) is 0 Å². The highest BCUT2D eigenvalue weighted by atomic mass is 35.5. The molecule has 0 fully saturated rings. The van der Waals surface area contributed by atoms with Crippen molar-refractivity contribution < 1.29 is 19.1 Å². The summed E-state index contributed by atoms with van der Waals surface area (Å²) in [5.74, 6) is 0.972. The molecule has 25 heavy (non-hydrogen) atoms. The molecule has 2 amide bonds. The summed E-state index contributed by atoms with van der Waals surface area (Å²) in [5.41, 5.74) is 0.0642. The number of anilines is 1. The molecule has 0 radical (unpaired) electrons.